The molecule has 1 saturated carbocycles. The summed E-state index contributed by atoms with van der Waals surface area (Å²) in [5.74, 6) is 0.596. The Bertz CT molecular complexity index is 498. The van der Waals surface area contributed by atoms with Gasteiger partial charge in [-0.3, -0.25) is 9.78 Å². The van der Waals surface area contributed by atoms with E-state index in [0.717, 1.165) is 24.5 Å². The summed E-state index contributed by atoms with van der Waals surface area (Å²) in [5, 5.41) is 4.30. The largest absolute Gasteiger partial charge is 0.271 e. The number of amides is 1. The van der Waals surface area contributed by atoms with Crippen molar-refractivity contribution in [1.82, 2.24) is 10.4 Å². The van der Waals surface area contributed by atoms with E-state index in [1.807, 2.05) is 0 Å². The summed E-state index contributed by atoms with van der Waals surface area (Å²) >= 11 is 0. The Kier molecular flexibility index (Phi) is 5.10. The van der Waals surface area contributed by atoms with Crippen LogP contribution in [0.1, 0.15) is 63.2 Å². The van der Waals surface area contributed by atoms with Crippen molar-refractivity contribution in [2.24, 2.45) is 16.4 Å². The highest BCUT2D eigenvalue weighted by atomic mass is 16.2. The molecule has 21 heavy (non-hydrogen) atoms. The van der Waals surface area contributed by atoms with Crippen LogP contribution in [0.2, 0.25) is 0 Å². The van der Waals surface area contributed by atoms with Crippen molar-refractivity contribution < 1.29 is 4.79 Å². The topological polar surface area (TPSA) is 54.4 Å². The Morgan fingerprint density at radius 3 is 2.52 bits per heavy atom. The van der Waals surface area contributed by atoms with E-state index in [4.69, 9.17) is 0 Å². The van der Waals surface area contributed by atoms with Crippen molar-refractivity contribution in [2.75, 3.05) is 0 Å². The Balaban J connectivity index is 1.87. The first-order valence-corrected chi connectivity index (χ1v) is 7.78. The molecule has 0 saturated heterocycles. The maximum absolute atomic E-state index is 11.9. The average Bonchev–Trinajstić information content (AvgIpc) is 2.54. The van der Waals surface area contributed by atoms with Crippen molar-refractivity contribution in [3.63, 3.8) is 0 Å². The molecule has 1 N–H and O–H groups in total. The normalized spacial score (nSPS) is 19.2. The van der Waals surface area contributed by atoms with Crippen molar-refractivity contribution in [1.29, 1.82) is 0 Å². The number of pyridine rings is 1. The van der Waals surface area contributed by atoms with Crippen molar-refractivity contribution in [2.45, 2.75) is 52.9 Å². The number of hydrogen-bond donors (Lipinski definition) is 1. The zero-order valence-corrected chi connectivity index (χ0v) is 13.2. The molecule has 0 bridgehead atoms. The Hall–Kier alpha value is -1.71. The highest BCUT2D eigenvalue weighted by Crippen LogP contribution is 2.39. The van der Waals surface area contributed by atoms with Gasteiger partial charge in [0.25, 0.3) is 5.91 Å². The fourth-order valence-electron chi connectivity index (χ4n) is 2.83. The first-order chi connectivity index (χ1) is 10.0. The van der Waals surface area contributed by atoms with Gasteiger partial charge in [-0.25, -0.2) is 5.43 Å². The lowest BCUT2D eigenvalue weighted by molar-refractivity contribution is 0.0954. The van der Waals surface area contributed by atoms with E-state index in [1.54, 1.807) is 24.5 Å². The van der Waals surface area contributed by atoms with E-state index in [2.05, 4.69) is 36.3 Å². The summed E-state index contributed by atoms with van der Waals surface area (Å²) in [6.07, 6.45) is 8.76. The lowest BCUT2D eigenvalue weighted by Gasteiger charge is -2.36. The van der Waals surface area contributed by atoms with Crippen LogP contribution in [-0.2, 0) is 0 Å². The molecule has 1 amide bonds. The van der Waals surface area contributed by atoms with Crippen LogP contribution < -0.4 is 5.43 Å². The van der Waals surface area contributed by atoms with Gasteiger partial charge >= 0.3 is 0 Å². The standard InChI is InChI=1S/C17H25N3O/c1-4-17(2,3)14-5-7-15(8-6-14)19-20-16(21)13-9-11-18-12-10-13/h9-12,14H,4-8H2,1-3H3,(H,20,21). The van der Waals surface area contributed by atoms with Crippen LogP contribution in [0.5, 0.6) is 0 Å². The van der Waals surface area contributed by atoms with Gasteiger partial charge in [-0.2, -0.15) is 5.10 Å². The molecule has 0 aromatic carbocycles. The first-order valence-electron chi connectivity index (χ1n) is 7.78. The lowest BCUT2D eigenvalue weighted by atomic mass is 9.69. The predicted octanol–water partition coefficient (Wildman–Crippen LogP) is 3.79. The minimum atomic E-state index is -0.166. The molecular formula is C17H25N3O. The van der Waals surface area contributed by atoms with E-state index >= 15 is 0 Å². The maximum Gasteiger partial charge on any atom is 0.271 e. The van der Waals surface area contributed by atoms with Gasteiger partial charge in [0, 0.05) is 23.7 Å². The van der Waals surface area contributed by atoms with Gasteiger partial charge in [0.05, 0.1) is 0 Å². The summed E-state index contributed by atoms with van der Waals surface area (Å²) in [7, 11) is 0. The van der Waals surface area contributed by atoms with Crippen LogP contribution >= 0.6 is 0 Å². The van der Waals surface area contributed by atoms with E-state index in [1.165, 1.54) is 19.3 Å². The third-order valence-corrected chi connectivity index (χ3v) is 4.84. The van der Waals surface area contributed by atoms with Gasteiger partial charge in [0.15, 0.2) is 0 Å². The fourth-order valence-corrected chi connectivity index (χ4v) is 2.83. The minimum Gasteiger partial charge on any atom is -0.267 e. The zero-order valence-electron chi connectivity index (χ0n) is 13.2. The summed E-state index contributed by atoms with van der Waals surface area (Å²) in [6.45, 7) is 6.97. The highest BCUT2D eigenvalue weighted by Gasteiger charge is 2.30. The van der Waals surface area contributed by atoms with Gasteiger partial charge in [-0.1, -0.05) is 27.2 Å². The maximum atomic E-state index is 11.9. The molecule has 0 radical (unpaired) electrons. The van der Waals surface area contributed by atoms with Gasteiger partial charge in [0.1, 0.15) is 0 Å². The monoisotopic (exact) mass is 287 g/mol. The van der Waals surface area contributed by atoms with Gasteiger partial charge in [-0.05, 0) is 49.1 Å². The van der Waals surface area contributed by atoms with E-state index in [0.29, 0.717) is 11.0 Å². The van der Waals surface area contributed by atoms with Crippen LogP contribution in [0.25, 0.3) is 0 Å². The number of nitrogens with zero attached hydrogens (tertiary/aromatic N) is 2. The molecule has 1 aromatic heterocycles. The molecule has 1 aromatic rings. The van der Waals surface area contributed by atoms with E-state index in [-0.39, 0.29) is 5.91 Å². The molecule has 1 fully saturated rings. The molecule has 2 rings (SSSR count). The van der Waals surface area contributed by atoms with Crippen LogP contribution in [0.15, 0.2) is 29.6 Å². The number of hydrazone groups is 1. The number of rotatable bonds is 4. The second kappa shape index (κ2) is 6.83. The first kappa shape index (κ1) is 15.7. The summed E-state index contributed by atoms with van der Waals surface area (Å²) in [4.78, 5) is 15.8. The number of carbonyl (C=O) groups is 1. The fraction of sp³-hybridized carbons (Fsp3) is 0.588. The second-order valence-electron chi connectivity index (χ2n) is 6.47. The second-order valence-corrected chi connectivity index (χ2v) is 6.47. The zero-order chi connectivity index (χ0) is 15.3. The third kappa shape index (κ3) is 4.13. The van der Waals surface area contributed by atoms with Crippen molar-refractivity contribution in [3.05, 3.63) is 30.1 Å². The minimum absolute atomic E-state index is 0.166. The molecule has 0 spiro atoms. The van der Waals surface area contributed by atoms with E-state index < -0.39 is 0 Å². The molecule has 4 nitrogen and oxygen atoms in total. The molecule has 1 aliphatic carbocycles. The lowest BCUT2D eigenvalue weighted by Crippen LogP contribution is -2.29. The predicted molar refractivity (Wildman–Crippen MR) is 85.2 cm³/mol. The number of hydrogen-bond acceptors (Lipinski definition) is 3. The van der Waals surface area contributed by atoms with Crippen molar-refractivity contribution >= 4 is 11.6 Å². The molecule has 1 aliphatic rings. The van der Waals surface area contributed by atoms with Crippen LogP contribution in [0.3, 0.4) is 0 Å². The number of carbonyl (C=O) groups excluding carboxylic acids is 1. The highest BCUT2D eigenvalue weighted by molar-refractivity contribution is 5.95. The molecular weight excluding hydrogens is 262 g/mol. The number of aromatic nitrogens is 1. The number of nitrogens with one attached hydrogen (secondary N) is 1. The smallest absolute Gasteiger partial charge is 0.267 e. The molecule has 0 atom stereocenters. The summed E-state index contributed by atoms with van der Waals surface area (Å²) < 4.78 is 0. The molecule has 1 heterocycles. The van der Waals surface area contributed by atoms with Crippen LogP contribution in [0.4, 0.5) is 0 Å². The van der Waals surface area contributed by atoms with Gasteiger partial charge < -0.3 is 0 Å². The van der Waals surface area contributed by atoms with Crippen molar-refractivity contribution in [3.8, 4) is 0 Å². The average molecular weight is 287 g/mol. The molecule has 0 unspecified atom stereocenters. The Labute approximate surface area is 127 Å². The van der Waals surface area contributed by atoms with Crippen LogP contribution in [0, 0.1) is 11.3 Å². The van der Waals surface area contributed by atoms with E-state index in [9.17, 15) is 4.79 Å². The summed E-state index contributed by atoms with van der Waals surface area (Å²) in [5.41, 5.74) is 4.77. The third-order valence-electron chi connectivity index (χ3n) is 4.84. The summed E-state index contributed by atoms with van der Waals surface area (Å²) in [6, 6.07) is 3.38. The molecule has 4 heteroatoms. The SMILES string of the molecule is CCC(C)(C)C1CCC(=NNC(=O)c2ccncc2)CC1. The molecule has 0 aliphatic heterocycles. The Morgan fingerprint density at radius 2 is 1.95 bits per heavy atom. The van der Waals surface area contributed by atoms with Gasteiger partial charge in [-0.15, -0.1) is 0 Å². The molecule has 114 valence electrons. The van der Waals surface area contributed by atoms with Crippen LogP contribution in [-0.4, -0.2) is 16.6 Å². The quantitative estimate of drug-likeness (QED) is 0.856. The van der Waals surface area contributed by atoms with Gasteiger partial charge in [0.2, 0.25) is 0 Å². The Morgan fingerprint density at radius 1 is 1.33 bits per heavy atom.